The lowest BCUT2D eigenvalue weighted by atomic mass is 10.0. The number of nitrogens with one attached hydrogen (secondary N) is 1. The van der Waals surface area contributed by atoms with Crippen LogP contribution >= 0.6 is 0 Å². The van der Waals surface area contributed by atoms with Crippen molar-refractivity contribution in [2.24, 2.45) is 0 Å². The van der Waals surface area contributed by atoms with Gasteiger partial charge < -0.3 is 15.2 Å². The molecule has 0 aromatic heterocycles. The standard InChI is InChI=1S/C12H17NO2.C2H6/c1-15-10-6-4-9(5-7-10)12(14)11-3-2-8-13-11;1-2/h4-7,11-14H,2-3,8H2,1H3;1-2H3. The van der Waals surface area contributed by atoms with Crippen molar-refractivity contribution >= 4 is 0 Å². The first kappa shape index (κ1) is 14.0. The summed E-state index contributed by atoms with van der Waals surface area (Å²) in [5, 5.41) is 13.4. The minimum Gasteiger partial charge on any atom is -0.497 e. The van der Waals surface area contributed by atoms with Gasteiger partial charge in [0.15, 0.2) is 0 Å². The lowest BCUT2D eigenvalue weighted by molar-refractivity contribution is 0.137. The zero-order valence-corrected chi connectivity index (χ0v) is 10.9. The summed E-state index contributed by atoms with van der Waals surface area (Å²) in [4.78, 5) is 0. The molecule has 96 valence electrons. The van der Waals surface area contributed by atoms with E-state index in [9.17, 15) is 5.11 Å². The van der Waals surface area contributed by atoms with E-state index in [1.807, 2.05) is 38.1 Å². The Morgan fingerprint density at radius 1 is 1.29 bits per heavy atom. The predicted octanol–water partition coefficient (Wildman–Crippen LogP) is 2.51. The van der Waals surface area contributed by atoms with Crippen LogP contribution in [0, 0.1) is 0 Å². The molecule has 3 heteroatoms. The van der Waals surface area contributed by atoms with E-state index >= 15 is 0 Å². The third-order valence-corrected chi connectivity index (χ3v) is 2.94. The summed E-state index contributed by atoms with van der Waals surface area (Å²) in [6.45, 7) is 5.01. The van der Waals surface area contributed by atoms with Crippen LogP contribution in [0.15, 0.2) is 24.3 Å². The minimum atomic E-state index is -0.404. The van der Waals surface area contributed by atoms with Gasteiger partial charge in [0.2, 0.25) is 0 Å². The van der Waals surface area contributed by atoms with Gasteiger partial charge in [0.25, 0.3) is 0 Å². The molecule has 1 aliphatic heterocycles. The number of aliphatic hydroxyl groups is 1. The van der Waals surface area contributed by atoms with E-state index in [0.29, 0.717) is 0 Å². The molecule has 0 spiro atoms. The van der Waals surface area contributed by atoms with Crippen LogP contribution in [0.3, 0.4) is 0 Å². The molecule has 0 amide bonds. The normalized spacial score (nSPS) is 20.4. The molecule has 3 nitrogen and oxygen atoms in total. The molecule has 1 aliphatic rings. The van der Waals surface area contributed by atoms with E-state index in [0.717, 1.165) is 30.7 Å². The van der Waals surface area contributed by atoms with E-state index in [4.69, 9.17) is 4.74 Å². The number of aliphatic hydroxyl groups excluding tert-OH is 1. The van der Waals surface area contributed by atoms with Crippen LogP contribution in [0.4, 0.5) is 0 Å². The molecule has 1 heterocycles. The number of hydrogen-bond donors (Lipinski definition) is 2. The average Bonchev–Trinajstić information content (AvgIpc) is 2.94. The topological polar surface area (TPSA) is 41.5 Å². The van der Waals surface area contributed by atoms with Gasteiger partial charge in [0.1, 0.15) is 5.75 Å². The van der Waals surface area contributed by atoms with Crippen LogP contribution in [0.5, 0.6) is 5.75 Å². The van der Waals surface area contributed by atoms with Crippen LogP contribution in [-0.2, 0) is 0 Å². The second kappa shape index (κ2) is 7.30. The monoisotopic (exact) mass is 237 g/mol. The molecule has 1 aromatic rings. The zero-order valence-electron chi connectivity index (χ0n) is 10.9. The Balaban J connectivity index is 0.000000686. The molecular weight excluding hydrogens is 214 g/mol. The summed E-state index contributed by atoms with van der Waals surface area (Å²) < 4.78 is 5.08. The fourth-order valence-corrected chi connectivity index (χ4v) is 2.01. The summed E-state index contributed by atoms with van der Waals surface area (Å²) in [5.41, 5.74) is 0.954. The predicted molar refractivity (Wildman–Crippen MR) is 70.3 cm³/mol. The Hall–Kier alpha value is -1.06. The van der Waals surface area contributed by atoms with Crippen molar-refractivity contribution in [1.29, 1.82) is 0 Å². The highest BCUT2D eigenvalue weighted by Gasteiger charge is 2.23. The van der Waals surface area contributed by atoms with Crippen LogP contribution in [0.2, 0.25) is 0 Å². The molecule has 17 heavy (non-hydrogen) atoms. The second-order valence-corrected chi connectivity index (χ2v) is 3.92. The SMILES string of the molecule is CC.COc1ccc(C(O)C2CCCN2)cc1. The molecule has 1 aromatic carbocycles. The fourth-order valence-electron chi connectivity index (χ4n) is 2.01. The second-order valence-electron chi connectivity index (χ2n) is 3.92. The van der Waals surface area contributed by atoms with E-state index in [-0.39, 0.29) is 6.04 Å². The first-order valence-corrected chi connectivity index (χ1v) is 6.36. The summed E-state index contributed by atoms with van der Waals surface area (Å²) in [7, 11) is 1.64. The van der Waals surface area contributed by atoms with Gasteiger partial charge in [-0.1, -0.05) is 26.0 Å². The molecule has 2 atom stereocenters. The Kier molecular flexibility index (Phi) is 6.01. The third-order valence-electron chi connectivity index (χ3n) is 2.94. The van der Waals surface area contributed by atoms with Crippen LogP contribution in [0.25, 0.3) is 0 Å². The number of ether oxygens (including phenoxy) is 1. The first-order valence-electron chi connectivity index (χ1n) is 6.36. The van der Waals surface area contributed by atoms with E-state index < -0.39 is 6.10 Å². The molecule has 1 fully saturated rings. The summed E-state index contributed by atoms with van der Waals surface area (Å²) >= 11 is 0. The summed E-state index contributed by atoms with van der Waals surface area (Å²) in [5.74, 6) is 0.824. The lowest BCUT2D eigenvalue weighted by Crippen LogP contribution is -2.28. The Bertz CT molecular complexity index is 305. The maximum Gasteiger partial charge on any atom is 0.118 e. The molecule has 0 aliphatic carbocycles. The molecule has 0 saturated carbocycles. The van der Waals surface area contributed by atoms with Gasteiger partial charge in [-0.05, 0) is 37.1 Å². The molecule has 2 rings (SSSR count). The number of rotatable bonds is 3. The van der Waals surface area contributed by atoms with Crippen molar-refractivity contribution in [2.75, 3.05) is 13.7 Å². The molecule has 0 radical (unpaired) electrons. The summed E-state index contributed by atoms with van der Waals surface area (Å²) in [6.07, 6.45) is 1.80. The van der Waals surface area contributed by atoms with Crippen LogP contribution in [0.1, 0.15) is 38.4 Å². The number of benzene rings is 1. The Morgan fingerprint density at radius 2 is 1.94 bits per heavy atom. The van der Waals surface area contributed by atoms with Gasteiger partial charge >= 0.3 is 0 Å². The number of hydrogen-bond acceptors (Lipinski definition) is 3. The lowest BCUT2D eigenvalue weighted by Gasteiger charge is -2.18. The average molecular weight is 237 g/mol. The van der Waals surface area contributed by atoms with Crippen molar-refractivity contribution < 1.29 is 9.84 Å². The van der Waals surface area contributed by atoms with Crippen molar-refractivity contribution in [2.45, 2.75) is 38.8 Å². The molecule has 1 saturated heterocycles. The molecule has 2 N–H and O–H groups in total. The van der Waals surface area contributed by atoms with E-state index in [1.165, 1.54) is 0 Å². The van der Waals surface area contributed by atoms with Gasteiger partial charge in [0.05, 0.1) is 13.2 Å². The van der Waals surface area contributed by atoms with E-state index in [2.05, 4.69) is 5.32 Å². The van der Waals surface area contributed by atoms with Gasteiger partial charge in [-0.3, -0.25) is 0 Å². The third kappa shape index (κ3) is 3.72. The Labute approximate surface area is 104 Å². The van der Waals surface area contributed by atoms with Gasteiger partial charge in [0, 0.05) is 6.04 Å². The smallest absolute Gasteiger partial charge is 0.118 e. The van der Waals surface area contributed by atoms with Crippen molar-refractivity contribution in [1.82, 2.24) is 5.32 Å². The number of methoxy groups -OCH3 is 1. The van der Waals surface area contributed by atoms with Crippen LogP contribution in [-0.4, -0.2) is 24.8 Å². The van der Waals surface area contributed by atoms with Crippen molar-refractivity contribution in [3.8, 4) is 5.75 Å². The quantitative estimate of drug-likeness (QED) is 0.848. The molecule has 2 unspecified atom stereocenters. The summed E-state index contributed by atoms with van der Waals surface area (Å²) in [6, 6.07) is 7.81. The van der Waals surface area contributed by atoms with Crippen molar-refractivity contribution in [3.05, 3.63) is 29.8 Å². The Morgan fingerprint density at radius 3 is 2.41 bits per heavy atom. The first-order chi connectivity index (χ1) is 8.31. The minimum absolute atomic E-state index is 0.207. The molecular formula is C14H23NO2. The van der Waals surface area contributed by atoms with Gasteiger partial charge in [-0.15, -0.1) is 0 Å². The molecule has 0 bridgehead atoms. The largest absolute Gasteiger partial charge is 0.497 e. The maximum absolute atomic E-state index is 10.1. The highest BCUT2D eigenvalue weighted by Crippen LogP contribution is 2.24. The van der Waals surface area contributed by atoms with Crippen molar-refractivity contribution in [3.63, 3.8) is 0 Å². The van der Waals surface area contributed by atoms with Gasteiger partial charge in [-0.25, -0.2) is 0 Å². The highest BCUT2D eigenvalue weighted by atomic mass is 16.5. The highest BCUT2D eigenvalue weighted by molar-refractivity contribution is 5.29. The zero-order chi connectivity index (χ0) is 12.7. The van der Waals surface area contributed by atoms with Gasteiger partial charge in [-0.2, -0.15) is 0 Å². The van der Waals surface area contributed by atoms with E-state index in [1.54, 1.807) is 7.11 Å². The maximum atomic E-state index is 10.1. The van der Waals surface area contributed by atoms with Crippen LogP contribution < -0.4 is 10.1 Å². The fraction of sp³-hybridized carbons (Fsp3) is 0.571.